The zero-order chi connectivity index (χ0) is 17.5. The van der Waals surface area contributed by atoms with Crippen LogP contribution in [0.5, 0.6) is 5.75 Å². The van der Waals surface area contributed by atoms with E-state index in [4.69, 9.17) is 4.74 Å². The fourth-order valence-electron chi connectivity index (χ4n) is 3.01. The van der Waals surface area contributed by atoms with Gasteiger partial charge >= 0.3 is 0 Å². The number of carbonyl (C=O) groups excluding carboxylic acids is 1. The Morgan fingerprint density at radius 1 is 1.40 bits per heavy atom. The molecule has 1 saturated carbocycles. The van der Waals surface area contributed by atoms with Crippen molar-refractivity contribution in [2.75, 3.05) is 12.9 Å². The number of thioether (sulfide) groups is 1. The summed E-state index contributed by atoms with van der Waals surface area (Å²) in [5, 5.41) is 14.9. The van der Waals surface area contributed by atoms with Crippen LogP contribution in [0, 0.1) is 0 Å². The highest BCUT2D eigenvalue weighted by Gasteiger charge is 2.21. The van der Waals surface area contributed by atoms with Crippen LogP contribution in [0.3, 0.4) is 0 Å². The van der Waals surface area contributed by atoms with Crippen molar-refractivity contribution in [3.05, 3.63) is 35.7 Å². The van der Waals surface area contributed by atoms with Crippen molar-refractivity contribution in [1.82, 2.24) is 25.5 Å². The lowest BCUT2D eigenvalue weighted by molar-refractivity contribution is -0.118. The fourth-order valence-corrected chi connectivity index (χ4v) is 3.77. The Morgan fingerprint density at radius 3 is 3.04 bits per heavy atom. The second kappa shape index (κ2) is 8.84. The van der Waals surface area contributed by atoms with Crippen LogP contribution in [0.2, 0.25) is 0 Å². The minimum atomic E-state index is 0.00714. The minimum Gasteiger partial charge on any atom is -0.497 e. The Labute approximate surface area is 151 Å². The molecule has 0 spiro atoms. The van der Waals surface area contributed by atoms with E-state index in [2.05, 4.69) is 20.8 Å². The maximum atomic E-state index is 12.0. The van der Waals surface area contributed by atoms with Crippen molar-refractivity contribution in [3.8, 4) is 5.75 Å². The van der Waals surface area contributed by atoms with Gasteiger partial charge < -0.3 is 10.1 Å². The maximum absolute atomic E-state index is 12.0. The predicted octanol–water partition coefficient (Wildman–Crippen LogP) is 2.35. The quantitative estimate of drug-likeness (QED) is 0.777. The summed E-state index contributed by atoms with van der Waals surface area (Å²) < 4.78 is 7.12. The van der Waals surface area contributed by atoms with E-state index in [1.807, 2.05) is 28.9 Å². The summed E-state index contributed by atoms with van der Waals surface area (Å²) in [5.74, 6) is 2.70. The second-order valence-electron chi connectivity index (χ2n) is 6.10. The number of nitrogens with zero attached hydrogens (tertiary/aromatic N) is 4. The van der Waals surface area contributed by atoms with Gasteiger partial charge in [0.05, 0.1) is 24.7 Å². The lowest BCUT2D eigenvalue weighted by Gasteiger charge is -2.11. The van der Waals surface area contributed by atoms with Gasteiger partial charge in [-0.1, -0.05) is 25.0 Å². The van der Waals surface area contributed by atoms with Crippen molar-refractivity contribution >= 4 is 17.7 Å². The number of methoxy groups -OCH3 is 1. The van der Waals surface area contributed by atoms with E-state index in [1.54, 1.807) is 7.11 Å². The third-order valence-electron chi connectivity index (χ3n) is 4.32. The van der Waals surface area contributed by atoms with Crippen LogP contribution >= 0.6 is 11.8 Å². The van der Waals surface area contributed by atoms with Crippen LogP contribution in [0.25, 0.3) is 0 Å². The summed E-state index contributed by atoms with van der Waals surface area (Å²) >= 11 is 1.53. The number of tetrazole rings is 1. The lowest BCUT2D eigenvalue weighted by Crippen LogP contribution is -2.24. The Kier molecular flexibility index (Phi) is 6.27. The molecular weight excluding hydrogens is 338 g/mol. The number of rotatable bonds is 8. The first-order chi connectivity index (χ1) is 12.3. The zero-order valence-corrected chi connectivity index (χ0v) is 15.2. The van der Waals surface area contributed by atoms with Crippen LogP contribution in [-0.4, -0.2) is 39.0 Å². The van der Waals surface area contributed by atoms with Crippen LogP contribution < -0.4 is 10.1 Å². The summed E-state index contributed by atoms with van der Waals surface area (Å²) in [7, 11) is 1.63. The summed E-state index contributed by atoms with van der Waals surface area (Å²) in [6.07, 6.45) is 4.76. The van der Waals surface area contributed by atoms with Crippen LogP contribution in [0.1, 0.15) is 43.1 Å². The second-order valence-corrected chi connectivity index (χ2v) is 7.08. The Morgan fingerprint density at radius 2 is 2.24 bits per heavy atom. The molecule has 3 rings (SSSR count). The SMILES string of the molecule is COc1cccc(CNC(=O)CSCc2nnnn2C2CCCC2)c1. The zero-order valence-electron chi connectivity index (χ0n) is 14.4. The van der Waals surface area contributed by atoms with Gasteiger partial charge in [0.15, 0.2) is 5.82 Å². The molecule has 0 bridgehead atoms. The molecule has 1 aromatic heterocycles. The Bertz CT molecular complexity index is 700. The number of amides is 1. The number of hydrogen-bond acceptors (Lipinski definition) is 6. The topological polar surface area (TPSA) is 81.9 Å². The van der Waals surface area contributed by atoms with Gasteiger partial charge in [0.1, 0.15) is 5.75 Å². The average molecular weight is 361 g/mol. The van der Waals surface area contributed by atoms with Gasteiger partial charge in [-0.2, -0.15) is 0 Å². The number of aromatic nitrogens is 4. The first-order valence-corrected chi connectivity index (χ1v) is 9.66. The highest BCUT2D eigenvalue weighted by molar-refractivity contribution is 7.99. The van der Waals surface area contributed by atoms with Crippen LogP contribution in [0.4, 0.5) is 0 Å². The molecule has 0 saturated heterocycles. The Balaban J connectivity index is 1.41. The van der Waals surface area contributed by atoms with Gasteiger partial charge in [0.2, 0.25) is 5.91 Å². The molecule has 8 heteroatoms. The van der Waals surface area contributed by atoms with E-state index in [0.717, 1.165) is 30.0 Å². The summed E-state index contributed by atoms with van der Waals surface area (Å²) in [6, 6.07) is 8.11. The molecule has 1 fully saturated rings. The highest BCUT2D eigenvalue weighted by Crippen LogP contribution is 2.29. The van der Waals surface area contributed by atoms with Crippen molar-refractivity contribution in [2.45, 2.75) is 44.0 Å². The van der Waals surface area contributed by atoms with E-state index in [1.165, 1.54) is 24.6 Å². The molecule has 0 aliphatic heterocycles. The third-order valence-corrected chi connectivity index (χ3v) is 5.25. The Hall–Kier alpha value is -2.09. The molecule has 7 nitrogen and oxygen atoms in total. The molecule has 134 valence electrons. The fraction of sp³-hybridized carbons (Fsp3) is 0.529. The van der Waals surface area contributed by atoms with E-state index < -0.39 is 0 Å². The van der Waals surface area contributed by atoms with Gasteiger partial charge in [-0.3, -0.25) is 4.79 Å². The van der Waals surface area contributed by atoms with Crippen molar-refractivity contribution in [2.24, 2.45) is 0 Å². The van der Waals surface area contributed by atoms with Gasteiger partial charge in [-0.05, 0) is 41.0 Å². The molecule has 2 aromatic rings. The third kappa shape index (κ3) is 4.94. The van der Waals surface area contributed by atoms with Crippen molar-refractivity contribution in [1.29, 1.82) is 0 Å². The summed E-state index contributed by atoms with van der Waals surface area (Å²) in [5.41, 5.74) is 1.02. The molecule has 1 aliphatic carbocycles. The average Bonchev–Trinajstić information content (AvgIpc) is 3.31. The van der Waals surface area contributed by atoms with Gasteiger partial charge in [-0.25, -0.2) is 4.68 Å². The highest BCUT2D eigenvalue weighted by atomic mass is 32.2. The van der Waals surface area contributed by atoms with Crippen LogP contribution in [0.15, 0.2) is 24.3 Å². The molecule has 1 amide bonds. The van der Waals surface area contributed by atoms with Gasteiger partial charge in [0, 0.05) is 6.54 Å². The first kappa shape index (κ1) is 17.7. The maximum Gasteiger partial charge on any atom is 0.230 e. The lowest BCUT2D eigenvalue weighted by atomic mass is 10.2. The van der Waals surface area contributed by atoms with E-state index >= 15 is 0 Å². The number of hydrogen-bond donors (Lipinski definition) is 1. The standard InChI is InChI=1S/C17H23N5O2S/c1-24-15-8-4-5-13(9-15)10-18-17(23)12-25-11-16-19-20-21-22(16)14-6-2-3-7-14/h4-5,8-9,14H,2-3,6-7,10-12H2,1H3,(H,18,23). The number of carbonyl (C=O) groups is 1. The molecular formula is C17H23N5O2S. The molecule has 1 aromatic carbocycles. The van der Waals surface area contributed by atoms with Gasteiger partial charge in [0.25, 0.3) is 0 Å². The van der Waals surface area contributed by atoms with Gasteiger partial charge in [-0.15, -0.1) is 16.9 Å². The number of benzene rings is 1. The molecule has 25 heavy (non-hydrogen) atoms. The van der Waals surface area contributed by atoms with E-state index in [9.17, 15) is 4.79 Å². The summed E-state index contributed by atoms with van der Waals surface area (Å²) in [6.45, 7) is 0.496. The number of nitrogens with one attached hydrogen (secondary N) is 1. The molecule has 0 atom stereocenters. The van der Waals surface area contributed by atoms with E-state index in [0.29, 0.717) is 24.1 Å². The van der Waals surface area contributed by atoms with Crippen LogP contribution in [-0.2, 0) is 17.1 Å². The predicted molar refractivity (Wildman–Crippen MR) is 96.3 cm³/mol. The number of ether oxygens (including phenoxy) is 1. The normalized spacial score (nSPS) is 14.6. The molecule has 1 heterocycles. The van der Waals surface area contributed by atoms with Crippen molar-refractivity contribution < 1.29 is 9.53 Å². The van der Waals surface area contributed by atoms with E-state index in [-0.39, 0.29) is 5.91 Å². The molecule has 1 aliphatic rings. The van der Waals surface area contributed by atoms with Crippen molar-refractivity contribution in [3.63, 3.8) is 0 Å². The summed E-state index contributed by atoms with van der Waals surface area (Å²) in [4.78, 5) is 12.0. The monoisotopic (exact) mass is 361 g/mol. The minimum absolute atomic E-state index is 0.00714. The first-order valence-electron chi connectivity index (χ1n) is 8.50. The molecule has 0 unspecified atom stereocenters. The largest absolute Gasteiger partial charge is 0.497 e. The molecule has 1 N–H and O–H groups in total. The molecule has 0 radical (unpaired) electrons. The smallest absolute Gasteiger partial charge is 0.230 e.